The molecule has 0 unspecified atom stereocenters. The first-order valence-electron chi connectivity index (χ1n) is 5.56. The van der Waals surface area contributed by atoms with Gasteiger partial charge in [0.15, 0.2) is 10.8 Å². The van der Waals surface area contributed by atoms with Gasteiger partial charge in [0, 0.05) is 5.38 Å². The minimum absolute atomic E-state index is 0.155. The fourth-order valence-electron chi connectivity index (χ4n) is 1.13. The van der Waals surface area contributed by atoms with Crippen LogP contribution >= 0.6 is 11.3 Å². The molecular formula is C11H15N4O4S. The van der Waals surface area contributed by atoms with E-state index in [1.807, 2.05) is 0 Å². The van der Waals surface area contributed by atoms with E-state index in [9.17, 15) is 9.59 Å². The van der Waals surface area contributed by atoms with E-state index in [1.165, 1.54) is 12.5 Å². The van der Waals surface area contributed by atoms with Crippen LogP contribution in [-0.4, -0.2) is 35.4 Å². The van der Waals surface area contributed by atoms with Gasteiger partial charge in [-0.1, -0.05) is 5.16 Å². The van der Waals surface area contributed by atoms with Crippen molar-refractivity contribution < 1.29 is 19.2 Å². The van der Waals surface area contributed by atoms with E-state index < -0.39 is 17.6 Å². The van der Waals surface area contributed by atoms with E-state index in [0.717, 1.165) is 11.3 Å². The van der Waals surface area contributed by atoms with Gasteiger partial charge in [-0.3, -0.25) is 15.8 Å². The Morgan fingerprint density at radius 2 is 2.10 bits per heavy atom. The maximum Gasteiger partial charge on any atom is 0.413 e. The second-order valence-electron chi connectivity index (χ2n) is 4.62. The number of anilines is 1. The van der Waals surface area contributed by atoms with Crippen LogP contribution in [0.15, 0.2) is 10.5 Å². The van der Waals surface area contributed by atoms with E-state index in [0.29, 0.717) is 0 Å². The highest BCUT2D eigenvalue weighted by Crippen LogP contribution is 2.18. The Hall–Kier alpha value is -2.16. The summed E-state index contributed by atoms with van der Waals surface area (Å²) in [4.78, 5) is 31.1. The maximum atomic E-state index is 11.5. The number of hydrogen-bond donors (Lipinski definition) is 1. The van der Waals surface area contributed by atoms with Crippen molar-refractivity contribution in [1.29, 1.82) is 0 Å². The molecule has 1 aromatic rings. The molecular weight excluding hydrogens is 284 g/mol. The van der Waals surface area contributed by atoms with E-state index >= 15 is 0 Å². The average Bonchev–Trinajstić information content (AvgIpc) is 2.70. The molecule has 0 saturated carbocycles. The zero-order valence-electron chi connectivity index (χ0n) is 11.5. The zero-order valence-corrected chi connectivity index (χ0v) is 12.3. The molecule has 109 valence electrons. The molecule has 2 amide bonds. The molecule has 8 nitrogen and oxygen atoms in total. The average molecular weight is 299 g/mol. The van der Waals surface area contributed by atoms with Crippen LogP contribution in [0.25, 0.3) is 0 Å². The zero-order chi connectivity index (χ0) is 15.3. The van der Waals surface area contributed by atoms with Gasteiger partial charge in [-0.05, 0) is 20.8 Å². The molecule has 0 aromatic carbocycles. The second-order valence-corrected chi connectivity index (χ2v) is 5.47. The van der Waals surface area contributed by atoms with Crippen molar-refractivity contribution in [1.82, 2.24) is 10.7 Å². The van der Waals surface area contributed by atoms with Gasteiger partial charge >= 0.3 is 6.09 Å². The largest absolute Gasteiger partial charge is 0.444 e. The minimum Gasteiger partial charge on any atom is -0.444 e. The molecule has 0 aliphatic rings. The second kappa shape index (κ2) is 6.33. The number of oxime groups is 1. The number of carbonyl (C=O) groups excluding carboxylic acids is 2. The van der Waals surface area contributed by atoms with Crippen LogP contribution in [0.4, 0.5) is 9.93 Å². The van der Waals surface area contributed by atoms with Crippen LogP contribution in [-0.2, 0) is 14.4 Å². The van der Waals surface area contributed by atoms with Crippen LogP contribution in [0.1, 0.15) is 26.5 Å². The highest BCUT2D eigenvalue weighted by Gasteiger charge is 2.19. The lowest BCUT2D eigenvalue weighted by molar-refractivity contribution is -0.112. The van der Waals surface area contributed by atoms with Crippen LogP contribution in [0, 0.1) is 0 Å². The van der Waals surface area contributed by atoms with Gasteiger partial charge in [-0.15, -0.1) is 11.3 Å². The molecule has 0 spiro atoms. The van der Waals surface area contributed by atoms with Crippen LogP contribution in [0.5, 0.6) is 0 Å². The van der Waals surface area contributed by atoms with Gasteiger partial charge in [0.2, 0.25) is 0 Å². The number of rotatable bonds is 4. The van der Waals surface area contributed by atoms with E-state index in [2.05, 4.69) is 20.3 Å². The molecule has 1 heterocycles. The molecule has 9 heteroatoms. The summed E-state index contributed by atoms with van der Waals surface area (Å²) in [5.74, 6) is -1.03. The molecule has 0 atom stereocenters. The number of aromatic nitrogens is 1. The summed E-state index contributed by atoms with van der Waals surface area (Å²) in [7, 11) is 1.26. The lowest BCUT2D eigenvalue weighted by Crippen LogP contribution is -2.27. The molecule has 0 saturated heterocycles. The van der Waals surface area contributed by atoms with Crippen molar-refractivity contribution >= 4 is 34.2 Å². The minimum atomic E-state index is -1.03. The lowest BCUT2D eigenvalue weighted by Gasteiger charge is -2.18. The number of carbonyl (C=O) groups is 2. The van der Waals surface area contributed by atoms with Gasteiger partial charge in [0.25, 0.3) is 5.91 Å². The molecule has 0 fully saturated rings. The number of nitrogens with zero attached hydrogens (tertiary/aromatic N) is 2. The van der Waals surface area contributed by atoms with Gasteiger partial charge in [-0.2, -0.15) is 0 Å². The van der Waals surface area contributed by atoms with E-state index in [4.69, 9.17) is 10.5 Å². The van der Waals surface area contributed by atoms with Crippen molar-refractivity contribution in [3.8, 4) is 0 Å². The summed E-state index contributed by atoms with van der Waals surface area (Å²) in [6.45, 7) is 5.21. The van der Waals surface area contributed by atoms with Crippen LogP contribution in [0.2, 0.25) is 0 Å². The maximum absolute atomic E-state index is 11.5. The summed E-state index contributed by atoms with van der Waals surface area (Å²) in [6, 6.07) is 0. The molecule has 0 aliphatic heterocycles. The Bertz CT molecular complexity index is 533. The summed E-state index contributed by atoms with van der Waals surface area (Å²) in [5, 5.41) is 7.58. The highest BCUT2D eigenvalue weighted by atomic mass is 32.1. The number of amides is 2. The molecule has 0 bridgehead atoms. The smallest absolute Gasteiger partial charge is 0.413 e. The molecule has 2 N–H and O–H groups in total. The predicted octanol–water partition coefficient (Wildman–Crippen LogP) is 1.65. The third-order valence-electron chi connectivity index (χ3n) is 1.75. The van der Waals surface area contributed by atoms with Crippen molar-refractivity contribution in [3.05, 3.63) is 11.1 Å². The van der Waals surface area contributed by atoms with Crippen molar-refractivity contribution in [2.75, 3.05) is 12.4 Å². The molecule has 1 rings (SSSR count). The first kappa shape index (κ1) is 15.9. The standard InChI is InChI=1S/C11H15N4O4S/c1-11(2,3)19-10(17)14-9-13-6(5-20-9)7(8(12)16)15-18-4/h5,12H,1-4H3,(H,13,14,17). The van der Waals surface area contributed by atoms with Crippen molar-refractivity contribution in [2.24, 2.45) is 5.16 Å². The molecule has 20 heavy (non-hydrogen) atoms. The number of hydrogen-bond acceptors (Lipinski definition) is 7. The third kappa shape index (κ3) is 4.84. The topological polar surface area (TPSA) is 114 Å². The number of ether oxygens (including phenoxy) is 1. The lowest BCUT2D eigenvalue weighted by atomic mass is 10.2. The SMILES string of the molecule is CON=C(C([NH])=O)c1csc(NC(=O)OC(C)(C)C)n1. The number of nitrogens with one attached hydrogen (secondary N) is 2. The first-order valence-corrected chi connectivity index (χ1v) is 6.44. The quantitative estimate of drug-likeness (QED) is 0.670. The summed E-state index contributed by atoms with van der Waals surface area (Å²) in [6.07, 6.45) is -0.652. The summed E-state index contributed by atoms with van der Waals surface area (Å²) >= 11 is 1.08. The van der Waals surface area contributed by atoms with Gasteiger partial charge < -0.3 is 9.57 Å². The van der Waals surface area contributed by atoms with Gasteiger partial charge in [0.1, 0.15) is 18.4 Å². The Labute approximate surface area is 120 Å². The summed E-state index contributed by atoms with van der Waals surface area (Å²) < 4.78 is 5.06. The highest BCUT2D eigenvalue weighted by molar-refractivity contribution is 7.14. The monoisotopic (exact) mass is 299 g/mol. The Kier molecular flexibility index (Phi) is 5.03. The molecule has 1 radical (unpaired) electrons. The van der Waals surface area contributed by atoms with E-state index in [1.54, 1.807) is 20.8 Å². The Morgan fingerprint density at radius 3 is 2.60 bits per heavy atom. The Balaban J connectivity index is 2.80. The fourth-order valence-corrected chi connectivity index (χ4v) is 1.81. The van der Waals surface area contributed by atoms with E-state index in [-0.39, 0.29) is 16.5 Å². The van der Waals surface area contributed by atoms with Crippen LogP contribution in [0.3, 0.4) is 0 Å². The summed E-state index contributed by atoms with van der Waals surface area (Å²) in [5.41, 5.74) is 6.35. The molecule has 0 aliphatic carbocycles. The third-order valence-corrected chi connectivity index (χ3v) is 2.51. The number of thiazole rings is 1. The van der Waals surface area contributed by atoms with Crippen molar-refractivity contribution in [3.63, 3.8) is 0 Å². The van der Waals surface area contributed by atoms with Crippen molar-refractivity contribution in [2.45, 2.75) is 26.4 Å². The normalized spacial score (nSPS) is 11.9. The van der Waals surface area contributed by atoms with Crippen LogP contribution < -0.4 is 11.1 Å². The van der Waals surface area contributed by atoms with Gasteiger partial charge in [-0.25, -0.2) is 9.78 Å². The predicted molar refractivity (Wildman–Crippen MR) is 73.6 cm³/mol. The fraction of sp³-hybridized carbons (Fsp3) is 0.455. The first-order chi connectivity index (χ1) is 9.23. The molecule has 1 aromatic heterocycles. The van der Waals surface area contributed by atoms with Gasteiger partial charge in [0.05, 0.1) is 0 Å². The Morgan fingerprint density at radius 1 is 1.45 bits per heavy atom.